The smallest absolute Gasteiger partial charge is 0.327 e. The highest BCUT2D eigenvalue weighted by Gasteiger charge is 2.41. The number of aliphatic carboxylic acids is 2. The molecule has 3 rings (SSSR count). The lowest BCUT2D eigenvalue weighted by molar-refractivity contribution is -0.150. The van der Waals surface area contributed by atoms with Crippen molar-refractivity contribution < 1.29 is 29.3 Å². The van der Waals surface area contributed by atoms with Gasteiger partial charge in [0.15, 0.2) is 0 Å². The number of carbonyl (C=O) groups is 3. The fourth-order valence-corrected chi connectivity index (χ4v) is 4.00. The maximum atomic E-state index is 12.7. The molecule has 1 saturated heterocycles. The summed E-state index contributed by atoms with van der Waals surface area (Å²) < 4.78 is 5.77. The Labute approximate surface area is 175 Å². The van der Waals surface area contributed by atoms with E-state index in [9.17, 15) is 19.5 Å². The Morgan fingerprint density at radius 3 is 2.45 bits per heavy atom. The molecule has 0 bridgehead atoms. The molecule has 0 radical (unpaired) electrons. The van der Waals surface area contributed by atoms with Gasteiger partial charge < -0.3 is 14.9 Å². The van der Waals surface area contributed by atoms with Crippen molar-refractivity contribution in [3.8, 4) is 11.5 Å². The summed E-state index contributed by atoms with van der Waals surface area (Å²) >= 11 is 6.05. The van der Waals surface area contributed by atoms with Crippen molar-refractivity contribution in [3.05, 3.63) is 65.1 Å². The van der Waals surface area contributed by atoms with Crippen LogP contribution in [-0.2, 0) is 14.4 Å². The molecule has 29 heavy (non-hydrogen) atoms. The van der Waals surface area contributed by atoms with Crippen LogP contribution in [0.15, 0.2) is 59.5 Å². The third-order valence-electron chi connectivity index (χ3n) is 3.92. The van der Waals surface area contributed by atoms with E-state index in [-0.39, 0.29) is 9.23 Å². The third kappa shape index (κ3) is 5.01. The number of thioether (sulfide) groups is 1. The molecule has 1 fully saturated rings. The van der Waals surface area contributed by atoms with Crippen LogP contribution in [0.5, 0.6) is 11.5 Å². The van der Waals surface area contributed by atoms with Gasteiger partial charge in [-0.1, -0.05) is 54.3 Å². The molecule has 7 nitrogen and oxygen atoms in total. The fraction of sp³-hybridized carbons (Fsp3) is 0.100. The standard InChI is InChI=1S/C20H15NO6S2/c22-17(23)11-15(19(25)26)21-18(24)16(29-20(21)28)10-12-5-4-8-14(9-12)27-13-6-2-1-3-7-13/h1-10,15H,11H2,(H,22,23)(H,25,26)/b16-10-. The van der Waals surface area contributed by atoms with Crippen LogP contribution in [-0.4, -0.2) is 43.3 Å². The van der Waals surface area contributed by atoms with Gasteiger partial charge in [-0.05, 0) is 35.9 Å². The molecule has 2 aromatic rings. The van der Waals surface area contributed by atoms with Crippen molar-refractivity contribution in [2.75, 3.05) is 0 Å². The lowest BCUT2D eigenvalue weighted by atomic mass is 10.1. The lowest BCUT2D eigenvalue weighted by Gasteiger charge is -2.21. The summed E-state index contributed by atoms with van der Waals surface area (Å²) in [5.41, 5.74) is 0.657. The molecule has 1 aliphatic heterocycles. The van der Waals surface area contributed by atoms with Gasteiger partial charge in [-0.25, -0.2) is 4.79 Å². The molecule has 0 aliphatic carbocycles. The Balaban J connectivity index is 1.83. The fourth-order valence-electron chi connectivity index (χ4n) is 2.65. The van der Waals surface area contributed by atoms with Crippen molar-refractivity contribution in [1.82, 2.24) is 4.90 Å². The minimum absolute atomic E-state index is 0.00610. The monoisotopic (exact) mass is 429 g/mol. The molecule has 2 N–H and O–H groups in total. The van der Waals surface area contributed by atoms with Crippen molar-refractivity contribution in [2.24, 2.45) is 0 Å². The van der Waals surface area contributed by atoms with E-state index < -0.39 is 30.3 Å². The van der Waals surface area contributed by atoms with Crippen LogP contribution in [0.4, 0.5) is 0 Å². The maximum Gasteiger partial charge on any atom is 0.327 e. The number of para-hydroxylation sites is 1. The number of carboxylic acids is 2. The van der Waals surface area contributed by atoms with Gasteiger partial charge in [-0.15, -0.1) is 0 Å². The Morgan fingerprint density at radius 1 is 1.10 bits per heavy atom. The van der Waals surface area contributed by atoms with E-state index in [4.69, 9.17) is 22.1 Å². The molecule has 0 saturated carbocycles. The zero-order valence-corrected chi connectivity index (χ0v) is 16.5. The van der Waals surface area contributed by atoms with E-state index in [1.807, 2.05) is 30.3 Å². The van der Waals surface area contributed by atoms with Gasteiger partial charge in [0.2, 0.25) is 0 Å². The summed E-state index contributed by atoms with van der Waals surface area (Å²) in [5, 5.41) is 18.2. The number of hydrogen-bond acceptors (Lipinski definition) is 6. The Hall–Kier alpha value is -3.17. The second kappa shape index (κ2) is 8.89. The zero-order valence-electron chi connectivity index (χ0n) is 14.8. The second-order valence-corrected chi connectivity index (χ2v) is 7.67. The topological polar surface area (TPSA) is 104 Å². The molecule has 9 heteroatoms. The summed E-state index contributed by atoms with van der Waals surface area (Å²) in [4.78, 5) is 36.1. The molecule has 148 valence electrons. The number of nitrogens with zero attached hydrogens (tertiary/aromatic N) is 1. The van der Waals surface area contributed by atoms with Crippen molar-refractivity contribution in [3.63, 3.8) is 0 Å². The maximum absolute atomic E-state index is 12.7. The first-order valence-corrected chi connectivity index (χ1v) is 9.62. The second-order valence-electron chi connectivity index (χ2n) is 5.99. The highest BCUT2D eigenvalue weighted by atomic mass is 32.2. The first-order valence-electron chi connectivity index (χ1n) is 8.40. The van der Waals surface area contributed by atoms with Crippen LogP contribution in [0.1, 0.15) is 12.0 Å². The minimum atomic E-state index is -1.56. The van der Waals surface area contributed by atoms with Gasteiger partial charge in [-0.3, -0.25) is 14.5 Å². The first kappa shape index (κ1) is 20.6. The number of hydrogen-bond donors (Lipinski definition) is 2. The van der Waals surface area contributed by atoms with Gasteiger partial charge in [0.05, 0.1) is 11.3 Å². The molecular weight excluding hydrogens is 414 g/mol. The number of carbonyl (C=O) groups excluding carboxylic acids is 1. The van der Waals surface area contributed by atoms with Gasteiger partial charge in [-0.2, -0.15) is 0 Å². The molecule has 0 spiro atoms. The quantitative estimate of drug-likeness (QED) is 0.508. The van der Waals surface area contributed by atoms with Gasteiger partial charge >= 0.3 is 11.9 Å². The van der Waals surface area contributed by atoms with Crippen LogP contribution in [0, 0.1) is 0 Å². The first-order chi connectivity index (χ1) is 13.8. The Kier molecular flexibility index (Phi) is 6.30. The molecule has 1 unspecified atom stereocenters. The van der Waals surface area contributed by atoms with Crippen LogP contribution < -0.4 is 4.74 Å². The van der Waals surface area contributed by atoms with E-state index in [2.05, 4.69) is 0 Å². The molecule has 0 aromatic heterocycles. The van der Waals surface area contributed by atoms with Gasteiger partial charge in [0, 0.05) is 0 Å². The number of rotatable bonds is 7. The van der Waals surface area contributed by atoms with E-state index in [0.29, 0.717) is 17.1 Å². The largest absolute Gasteiger partial charge is 0.481 e. The van der Waals surface area contributed by atoms with Crippen molar-refractivity contribution in [1.29, 1.82) is 0 Å². The minimum Gasteiger partial charge on any atom is -0.481 e. The summed E-state index contributed by atoms with van der Waals surface area (Å²) in [7, 11) is 0. The van der Waals surface area contributed by atoms with Gasteiger partial charge in [0.25, 0.3) is 5.91 Å². The normalized spacial score (nSPS) is 16.1. The number of ether oxygens (including phenoxy) is 1. The highest BCUT2D eigenvalue weighted by Crippen LogP contribution is 2.35. The molecule has 2 aromatic carbocycles. The molecule has 1 atom stereocenters. The Bertz CT molecular complexity index is 1010. The summed E-state index contributed by atoms with van der Waals surface area (Å²) in [6, 6.07) is 14.7. The highest BCUT2D eigenvalue weighted by molar-refractivity contribution is 8.26. The van der Waals surface area contributed by atoms with E-state index >= 15 is 0 Å². The molecule has 1 aliphatic rings. The molecule has 1 amide bonds. The Morgan fingerprint density at radius 2 is 1.79 bits per heavy atom. The van der Waals surface area contributed by atoms with Crippen LogP contribution in [0.3, 0.4) is 0 Å². The third-order valence-corrected chi connectivity index (χ3v) is 5.25. The van der Waals surface area contributed by atoms with Crippen LogP contribution >= 0.6 is 24.0 Å². The number of carboxylic acid groups (broad SMARTS) is 2. The van der Waals surface area contributed by atoms with E-state index in [1.54, 1.807) is 30.3 Å². The van der Waals surface area contributed by atoms with E-state index in [0.717, 1.165) is 16.7 Å². The number of benzene rings is 2. The molecular formula is C20H15NO6S2. The molecule has 1 heterocycles. The van der Waals surface area contributed by atoms with Crippen molar-refractivity contribution in [2.45, 2.75) is 12.5 Å². The van der Waals surface area contributed by atoms with Crippen molar-refractivity contribution >= 4 is 52.2 Å². The predicted octanol–water partition coefficient (Wildman–Crippen LogP) is 3.61. The average molecular weight is 429 g/mol. The van der Waals surface area contributed by atoms with Gasteiger partial charge in [0.1, 0.15) is 21.9 Å². The summed E-state index contributed by atoms with van der Waals surface area (Å²) in [5.74, 6) is -2.17. The number of amides is 1. The predicted molar refractivity (Wildman–Crippen MR) is 112 cm³/mol. The average Bonchev–Trinajstić information content (AvgIpc) is 2.94. The lowest BCUT2D eigenvalue weighted by Crippen LogP contribution is -2.45. The number of thiocarbonyl (C=S) groups is 1. The summed E-state index contributed by atoms with van der Waals surface area (Å²) in [6.07, 6.45) is 0.826. The van der Waals surface area contributed by atoms with Crippen LogP contribution in [0.2, 0.25) is 0 Å². The summed E-state index contributed by atoms with van der Waals surface area (Å²) in [6.45, 7) is 0. The SMILES string of the molecule is O=C(O)CC(C(=O)O)N1C(=O)/C(=C/c2cccc(Oc3ccccc3)c2)SC1=S. The van der Waals surface area contributed by atoms with E-state index in [1.165, 1.54) is 0 Å². The van der Waals surface area contributed by atoms with Crippen LogP contribution in [0.25, 0.3) is 6.08 Å². The zero-order chi connectivity index (χ0) is 21.0.